The minimum Gasteiger partial charge on any atom is -0.394 e. The molecule has 2 aromatic rings. The van der Waals surface area contributed by atoms with Crippen LogP contribution in [0.5, 0.6) is 0 Å². The van der Waals surface area contributed by atoms with Crippen molar-refractivity contribution in [3.05, 3.63) is 29.6 Å². The molecule has 0 aliphatic rings. The third kappa shape index (κ3) is 3.68. The van der Waals surface area contributed by atoms with Crippen LogP contribution < -0.4 is 0 Å². The van der Waals surface area contributed by atoms with Gasteiger partial charge in [0.25, 0.3) is 0 Å². The molecule has 0 aliphatic heterocycles. The van der Waals surface area contributed by atoms with Crippen LogP contribution in [0.3, 0.4) is 0 Å². The summed E-state index contributed by atoms with van der Waals surface area (Å²) < 4.78 is 42.8. The molecule has 4 atom stereocenters. The monoisotopic (exact) mass is 350 g/mol. The van der Waals surface area contributed by atoms with Gasteiger partial charge in [0, 0.05) is 7.11 Å². The number of nitrogens with one attached hydrogen (secondary N) is 1. The molecule has 0 bridgehead atoms. The number of aromatic amines is 1. The van der Waals surface area contributed by atoms with Gasteiger partial charge in [-0.25, -0.2) is 4.98 Å². The average molecular weight is 350 g/mol. The van der Waals surface area contributed by atoms with Crippen LogP contribution in [0.1, 0.15) is 17.5 Å². The van der Waals surface area contributed by atoms with E-state index in [1.165, 1.54) is 7.11 Å². The largest absolute Gasteiger partial charge is 0.416 e. The first-order valence-corrected chi connectivity index (χ1v) is 6.93. The van der Waals surface area contributed by atoms with E-state index in [0.717, 1.165) is 18.2 Å². The molecule has 1 heterocycles. The summed E-state index contributed by atoms with van der Waals surface area (Å²) in [6.45, 7) is -0.601. The second kappa shape index (κ2) is 7.03. The SMILES string of the molecule is COC(CO)[C@@H](O)C(O)C(O)c1nc2ccc(C(F)(F)F)cc2[nH]1. The first-order valence-electron chi connectivity index (χ1n) is 6.93. The molecule has 24 heavy (non-hydrogen) atoms. The number of H-pyrrole nitrogens is 1. The summed E-state index contributed by atoms with van der Waals surface area (Å²) in [6, 6.07) is 2.80. The minimum atomic E-state index is -4.53. The second-order valence-corrected chi connectivity index (χ2v) is 5.23. The number of halogens is 3. The summed E-state index contributed by atoms with van der Waals surface area (Å²) in [4.78, 5) is 6.39. The zero-order valence-electron chi connectivity index (χ0n) is 12.5. The van der Waals surface area contributed by atoms with Crippen molar-refractivity contribution in [1.29, 1.82) is 0 Å². The third-order valence-corrected chi connectivity index (χ3v) is 3.64. The number of imidazole rings is 1. The summed E-state index contributed by atoms with van der Waals surface area (Å²) in [7, 11) is 1.20. The first kappa shape index (κ1) is 18.6. The van der Waals surface area contributed by atoms with E-state index in [9.17, 15) is 28.5 Å². The average Bonchev–Trinajstić information content (AvgIpc) is 2.96. The van der Waals surface area contributed by atoms with E-state index < -0.39 is 42.8 Å². The lowest BCUT2D eigenvalue weighted by Gasteiger charge is -2.26. The Morgan fingerprint density at radius 3 is 2.42 bits per heavy atom. The van der Waals surface area contributed by atoms with E-state index in [1.807, 2.05) is 0 Å². The lowest BCUT2D eigenvalue weighted by molar-refractivity contribution is -0.137. The molecule has 134 valence electrons. The summed E-state index contributed by atoms with van der Waals surface area (Å²) >= 11 is 0. The second-order valence-electron chi connectivity index (χ2n) is 5.23. The zero-order valence-corrected chi connectivity index (χ0v) is 12.5. The summed E-state index contributed by atoms with van der Waals surface area (Å²) in [5.41, 5.74) is -0.713. The van der Waals surface area contributed by atoms with Crippen molar-refractivity contribution < 1.29 is 38.3 Å². The highest BCUT2D eigenvalue weighted by atomic mass is 19.4. The number of ether oxygens (including phenoxy) is 1. The molecular weight excluding hydrogens is 333 g/mol. The van der Waals surface area contributed by atoms with E-state index in [1.54, 1.807) is 0 Å². The number of aromatic nitrogens is 2. The fourth-order valence-corrected chi connectivity index (χ4v) is 2.24. The van der Waals surface area contributed by atoms with Gasteiger partial charge in [-0.1, -0.05) is 0 Å². The van der Waals surface area contributed by atoms with E-state index >= 15 is 0 Å². The van der Waals surface area contributed by atoms with Gasteiger partial charge in [0.15, 0.2) is 0 Å². The number of methoxy groups -OCH3 is 1. The Kier molecular flexibility index (Phi) is 5.45. The Balaban J connectivity index is 2.28. The van der Waals surface area contributed by atoms with Crippen molar-refractivity contribution >= 4 is 11.0 Å². The molecule has 5 N–H and O–H groups in total. The number of fused-ring (bicyclic) bond motifs is 1. The molecule has 0 radical (unpaired) electrons. The number of alkyl halides is 3. The fraction of sp³-hybridized carbons (Fsp3) is 0.500. The lowest BCUT2D eigenvalue weighted by Crippen LogP contribution is -2.43. The van der Waals surface area contributed by atoms with Gasteiger partial charge in [-0.2, -0.15) is 13.2 Å². The predicted octanol–water partition coefficient (Wildman–Crippen LogP) is 0.344. The Labute approximate surface area is 134 Å². The van der Waals surface area contributed by atoms with Crippen LogP contribution in [0.15, 0.2) is 18.2 Å². The first-order chi connectivity index (χ1) is 11.2. The quantitative estimate of drug-likeness (QED) is 0.513. The summed E-state index contributed by atoms with van der Waals surface area (Å²) in [5.74, 6) is -0.219. The summed E-state index contributed by atoms with van der Waals surface area (Å²) in [5, 5.41) is 38.9. The maximum Gasteiger partial charge on any atom is 0.416 e. The zero-order chi connectivity index (χ0) is 18.1. The van der Waals surface area contributed by atoms with Gasteiger partial charge >= 0.3 is 6.18 Å². The molecule has 0 aliphatic carbocycles. The van der Waals surface area contributed by atoms with Crippen molar-refractivity contribution in [1.82, 2.24) is 9.97 Å². The highest BCUT2D eigenvalue weighted by Gasteiger charge is 2.34. The Morgan fingerprint density at radius 2 is 1.88 bits per heavy atom. The molecule has 1 aromatic heterocycles. The molecule has 2 rings (SSSR count). The van der Waals surface area contributed by atoms with Gasteiger partial charge in [-0.15, -0.1) is 0 Å². The molecule has 0 spiro atoms. The smallest absolute Gasteiger partial charge is 0.394 e. The van der Waals surface area contributed by atoms with Gasteiger partial charge in [-0.3, -0.25) is 0 Å². The van der Waals surface area contributed by atoms with Crippen molar-refractivity contribution in [2.45, 2.75) is 30.6 Å². The van der Waals surface area contributed by atoms with Gasteiger partial charge < -0.3 is 30.1 Å². The van der Waals surface area contributed by atoms with Gasteiger partial charge in [-0.05, 0) is 18.2 Å². The molecule has 0 saturated heterocycles. The Hall–Kier alpha value is -1.72. The molecule has 0 amide bonds. The maximum atomic E-state index is 12.7. The molecule has 0 saturated carbocycles. The molecule has 7 nitrogen and oxygen atoms in total. The highest BCUT2D eigenvalue weighted by molar-refractivity contribution is 5.76. The Morgan fingerprint density at radius 1 is 1.21 bits per heavy atom. The standard InChI is InChI=1S/C14H17F3N2O5/c1-24-9(5-20)10(21)11(22)12(23)13-18-7-3-2-6(14(15,16)17)4-8(7)19-13/h2-4,9-12,20-23H,5H2,1H3,(H,18,19)/t9?,10-,11?,12?/m1/s1. The number of hydrogen-bond acceptors (Lipinski definition) is 6. The number of benzene rings is 1. The number of hydrogen-bond donors (Lipinski definition) is 5. The number of rotatable bonds is 6. The van der Waals surface area contributed by atoms with Crippen molar-refractivity contribution in [2.24, 2.45) is 0 Å². The van der Waals surface area contributed by atoms with Crippen LogP contribution in [0, 0.1) is 0 Å². The highest BCUT2D eigenvalue weighted by Crippen LogP contribution is 2.31. The predicted molar refractivity (Wildman–Crippen MR) is 76.0 cm³/mol. The van der Waals surface area contributed by atoms with Crippen LogP contribution in [0.25, 0.3) is 11.0 Å². The van der Waals surface area contributed by atoms with E-state index in [4.69, 9.17) is 9.84 Å². The van der Waals surface area contributed by atoms with Gasteiger partial charge in [0.1, 0.15) is 30.2 Å². The van der Waals surface area contributed by atoms with Crippen LogP contribution in [-0.2, 0) is 10.9 Å². The van der Waals surface area contributed by atoms with Crippen LogP contribution in [0.4, 0.5) is 13.2 Å². The van der Waals surface area contributed by atoms with Gasteiger partial charge in [0.05, 0.1) is 23.2 Å². The van der Waals surface area contributed by atoms with E-state index in [-0.39, 0.29) is 16.9 Å². The van der Waals surface area contributed by atoms with E-state index in [0.29, 0.717) is 0 Å². The van der Waals surface area contributed by atoms with Crippen molar-refractivity contribution in [3.8, 4) is 0 Å². The van der Waals surface area contributed by atoms with Crippen molar-refractivity contribution in [3.63, 3.8) is 0 Å². The molecular formula is C14H17F3N2O5. The van der Waals surface area contributed by atoms with Crippen LogP contribution in [0.2, 0.25) is 0 Å². The maximum absolute atomic E-state index is 12.7. The normalized spacial score (nSPS) is 17.7. The van der Waals surface area contributed by atoms with Crippen molar-refractivity contribution in [2.75, 3.05) is 13.7 Å². The molecule has 10 heteroatoms. The van der Waals surface area contributed by atoms with E-state index in [2.05, 4.69) is 9.97 Å². The lowest BCUT2D eigenvalue weighted by atomic mass is 10.0. The molecule has 1 aromatic carbocycles. The third-order valence-electron chi connectivity index (χ3n) is 3.64. The minimum absolute atomic E-state index is 0.0195. The number of aliphatic hydroxyl groups excluding tert-OH is 4. The summed E-state index contributed by atoms with van der Waals surface area (Å²) in [6.07, 6.45) is -10.8. The fourth-order valence-electron chi connectivity index (χ4n) is 2.24. The van der Waals surface area contributed by atoms with Crippen LogP contribution >= 0.6 is 0 Å². The molecule has 3 unspecified atom stereocenters. The Bertz CT molecular complexity index is 687. The van der Waals surface area contributed by atoms with Gasteiger partial charge in [0.2, 0.25) is 0 Å². The van der Waals surface area contributed by atoms with Crippen LogP contribution in [-0.4, -0.2) is 62.4 Å². The molecule has 0 fully saturated rings. The number of aliphatic hydroxyl groups is 4. The number of nitrogens with zero attached hydrogens (tertiary/aromatic N) is 1. The topological polar surface area (TPSA) is 119 Å².